The zero-order chi connectivity index (χ0) is 13.1. The van der Waals surface area contributed by atoms with Crippen LogP contribution in [0.15, 0.2) is 12.7 Å². The van der Waals surface area contributed by atoms with E-state index < -0.39 is 0 Å². The standard InChI is InChI=1S/C17H30N2/c1-2-12-19-14-17(10-6-7-11-17)18-13-16(19)15-8-4-3-5-9-15/h2,15-16,18H,1,3-14H2. The Balaban J connectivity index is 1.68. The van der Waals surface area contributed by atoms with Gasteiger partial charge in [0.15, 0.2) is 0 Å². The summed E-state index contributed by atoms with van der Waals surface area (Å²) >= 11 is 0. The van der Waals surface area contributed by atoms with Crippen molar-refractivity contribution in [1.29, 1.82) is 0 Å². The van der Waals surface area contributed by atoms with Crippen molar-refractivity contribution < 1.29 is 0 Å². The maximum atomic E-state index is 3.99. The lowest BCUT2D eigenvalue weighted by molar-refractivity contribution is 0.0469. The molecule has 19 heavy (non-hydrogen) atoms. The van der Waals surface area contributed by atoms with E-state index in [9.17, 15) is 0 Å². The van der Waals surface area contributed by atoms with E-state index in [0.717, 1.165) is 18.5 Å². The molecule has 3 aliphatic rings. The van der Waals surface area contributed by atoms with Gasteiger partial charge < -0.3 is 5.32 Å². The number of hydrogen-bond donors (Lipinski definition) is 1. The van der Waals surface area contributed by atoms with Crippen LogP contribution >= 0.6 is 0 Å². The fourth-order valence-electron chi connectivity index (χ4n) is 4.75. The Bertz CT molecular complexity index is 300. The molecule has 1 spiro atoms. The molecule has 3 rings (SSSR count). The van der Waals surface area contributed by atoms with Crippen molar-refractivity contribution in [1.82, 2.24) is 10.2 Å². The minimum Gasteiger partial charge on any atom is -0.308 e. The number of hydrogen-bond acceptors (Lipinski definition) is 2. The molecule has 0 aromatic heterocycles. The van der Waals surface area contributed by atoms with E-state index in [1.54, 1.807) is 0 Å². The van der Waals surface area contributed by atoms with Gasteiger partial charge in [0.05, 0.1) is 0 Å². The smallest absolute Gasteiger partial charge is 0.0309 e. The summed E-state index contributed by atoms with van der Waals surface area (Å²) in [5, 5.41) is 3.95. The zero-order valence-corrected chi connectivity index (χ0v) is 12.4. The molecule has 1 unspecified atom stereocenters. The number of rotatable bonds is 3. The molecule has 0 bridgehead atoms. The van der Waals surface area contributed by atoms with Gasteiger partial charge in [-0.2, -0.15) is 0 Å². The quantitative estimate of drug-likeness (QED) is 0.785. The molecule has 0 aromatic carbocycles. The van der Waals surface area contributed by atoms with Crippen molar-refractivity contribution in [3.8, 4) is 0 Å². The van der Waals surface area contributed by atoms with Crippen molar-refractivity contribution in [3.05, 3.63) is 12.7 Å². The van der Waals surface area contributed by atoms with Crippen molar-refractivity contribution in [3.63, 3.8) is 0 Å². The molecule has 2 nitrogen and oxygen atoms in total. The molecule has 2 saturated carbocycles. The highest BCUT2D eigenvalue weighted by Crippen LogP contribution is 2.37. The van der Waals surface area contributed by atoms with Crippen LogP contribution in [0.2, 0.25) is 0 Å². The normalized spacial score (nSPS) is 32.7. The Labute approximate surface area is 118 Å². The van der Waals surface area contributed by atoms with Crippen LogP contribution in [0.25, 0.3) is 0 Å². The molecule has 3 fully saturated rings. The summed E-state index contributed by atoms with van der Waals surface area (Å²) in [6, 6.07) is 0.768. The first kappa shape index (κ1) is 13.6. The van der Waals surface area contributed by atoms with Crippen molar-refractivity contribution >= 4 is 0 Å². The van der Waals surface area contributed by atoms with E-state index in [2.05, 4.69) is 22.9 Å². The largest absolute Gasteiger partial charge is 0.308 e. The van der Waals surface area contributed by atoms with Crippen LogP contribution in [0.4, 0.5) is 0 Å². The van der Waals surface area contributed by atoms with Crippen LogP contribution in [0.3, 0.4) is 0 Å². The van der Waals surface area contributed by atoms with Crippen LogP contribution in [0, 0.1) is 5.92 Å². The fourth-order valence-corrected chi connectivity index (χ4v) is 4.75. The Morgan fingerprint density at radius 3 is 2.53 bits per heavy atom. The number of piperazine rings is 1. The molecule has 0 amide bonds. The monoisotopic (exact) mass is 262 g/mol. The topological polar surface area (TPSA) is 15.3 Å². The Hall–Kier alpha value is -0.340. The second kappa shape index (κ2) is 5.97. The molecule has 1 N–H and O–H groups in total. The lowest BCUT2D eigenvalue weighted by Crippen LogP contribution is -2.64. The summed E-state index contributed by atoms with van der Waals surface area (Å²) in [5.74, 6) is 0.931. The van der Waals surface area contributed by atoms with Crippen LogP contribution in [-0.2, 0) is 0 Å². The summed E-state index contributed by atoms with van der Waals surface area (Å²) in [4.78, 5) is 2.75. The highest BCUT2D eigenvalue weighted by atomic mass is 15.3. The zero-order valence-electron chi connectivity index (χ0n) is 12.4. The maximum Gasteiger partial charge on any atom is 0.0309 e. The lowest BCUT2D eigenvalue weighted by Gasteiger charge is -2.49. The molecular formula is C17H30N2. The third-order valence-corrected chi connectivity index (χ3v) is 5.78. The highest BCUT2D eigenvalue weighted by Gasteiger charge is 2.42. The van der Waals surface area contributed by atoms with Crippen LogP contribution < -0.4 is 5.32 Å². The summed E-state index contributed by atoms with van der Waals surface area (Å²) < 4.78 is 0. The molecule has 1 saturated heterocycles. The first-order chi connectivity index (χ1) is 9.33. The average molecular weight is 262 g/mol. The van der Waals surface area contributed by atoms with Crippen LogP contribution in [0.5, 0.6) is 0 Å². The Morgan fingerprint density at radius 1 is 1.11 bits per heavy atom. The lowest BCUT2D eigenvalue weighted by atomic mass is 9.80. The third kappa shape index (κ3) is 2.90. The minimum atomic E-state index is 0.453. The second-order valence-electron chi connectivity index (χ2n) is 7.05. The van der Waals surface area contributed by atoms with Crippen LogP contribution in [-0.4, -0.2) is 36.1 Å². The Kier molecular flexibility index (Phi) is 4.28. The van der Waals surface area contributed by atoms with E-state index in [-0.39, 0.29) is 0 Å². The third-order valence-electron chi connectivity index (χ3n) is 5.78. The Morgan fingerprint density at radius 2 is 1.84 bits per heavy atom. The van der Waals surface area contributed by atoms with Gasteiger partial charge in [-0.3, -0.25) is 4.90 Å². The van der Waals surface area contributed by atoms with Gasteiger partial charge in [-0.15, -0.1) is 6.58 Å². The highest BCUT2D eigenvalue weighted by molar-refractivity contribution is 5.03. The van der Waals surface area contributed by atoms with Gasteiger partial charge in [0.1, 0.15) is 0 Å². The van der Waals surface area contributed by atoms with Crippen molar-refractivity contribution in [2.24, 2.45) is 5.92 Å². The molecule has 108 valence electrons. The molecule has 1 aliphatic heterocycles. The first-order valence-corrected chi connectivity index (χ1v) is 8.43. The predicted octanol–water partition coefficient (Wildman–Crippen LogP) is 3.34. The average Bonchev–Trinajstić information content (AvgIpc) is 2.89. The summed E-state index contributed by atoms with van der Waals surface area (Å²) in [6.07, 6.45) is 15.0. The molecule has 2 aliphatic carbocycles. The van der Waals surface area contributed by atoms with Gasteiger partial charge in [0.2, 0.25) is 0 Å². The molecule has 1 heterocycles. The molecule has 0 radical (unpaired) electrons. The molecule has 0 aromatic rings. The number of nitrogens with one attached hydrogen (secondary N) is 1. The number of nitrogens with zero attached hydrogens (tertiary/aromatic N) is 1. The van der Waals surface area contributed by atoms with Crippen molar-refractivity contribution in [2.75, 3.05) is 19.6 Å². The summed E-state index contributed by atoms with van der Waals surface area (Å²) in [5.41, 5.74) is 0.453. The van der Waals surface area contributed by atoms with E-state index >= 15 is 0 Å². The van der Waals surface area contributed by atoms with Crippen molar-refractivity contribution in [2.45, 2.75) is 69.4 Å². The summed E-state index contributed by atoms with van der Waals surface area (Å²) in [7, 11) is 0. The van der Waals surface area contributed by atoms with Gasteiger partial charge in [0.25, 0.3) is 0 Å². The molecular weight excluding hydrogens is 232 g/mol. The van der Waals surface area contributed by atoms with Gasteiger partial charge in [-0.05, 0) is 31.6 Å². The van der Waals surface area contributed by atoms with E-state index in [1.807, 2.05) is 0 Å². The van der Waals surface area contributed by atoms with Crippen LogP contribution in [0.1, 0.15) is 57.8 Å². The second-order valence-corrected chi connectivity index (χ2v) is 7.05. The fraction of sp³-hybridized carbons (Fsp3) is 0.882. The van der Waals surface area contributed by atoms with Gasteiger partial charge in [-0.25, -0.2) is 0 Å². The SMILES string of the molecule is C=CCN1CC2(CCCC2)NCC1C1CCCCC1. The van der Waals surface area contributed by atoms with Gasteiger partial charge in [-0.1, -0.05) is 38.2 Å². The first-order valence-electron chi connectivity index (χ1n) is 8.43. The van der Waals surface area contributed by atoms with E-state index in [4.69, 9.17) is 0 Å². The molecule has 1 atom stereocenters. The predicted molar refractivity (Wildman–Crippen MR) is 81.3 cm³/mol. The van der Waals surface area contributed by atoms with Gasteiger partial charge >= 0.3 is 0 Å². The maximum absolute atomic E-state index is 3.99. The van der Waals surface area contributed by atoms with E-state index in [1.165, 1.54) is 70.9 Å². The van der Waals surface area contributed by atoms with E-state index in [0.29, 0.717) is 5.54 Å². The van der Waals surface area contributed by atoms with Gasteiger partial charge in [0, 0.05) is 31.2 Å². The molecule has 2 heteroatoms. The minimum absolute atomic E-state index is 0.453. The summed E-state index contributed by atoms with van der Waals surface area (Å²) in [6.45, 7) is 7.56.